The molecule has 0 aliphatic carbocycles. The number of benzene rings is 1. The van der Waals surface area contributed by atoms with Crippen molar-refractivity contribution in [3.05, 3.63) is 60.9 Å². The molecule has 4 aromatic rings. The lowest BCUT2D eigenvalue weighted by molar-refractivity contribution is 0.318. The Labute approximate surface area is 220 Å². The smallest absolute Gasteiger partial charge is 0.168 e. The van der Waals surface area contributed by atoms with Crippen molar-refractivity contribution in [1.29, 1.82) is 0 Å². The van der Waals surface area contributed by atoms with Gasteiger partial charge >= 0.3 is 0 Å². The van der Waals surface area contributed by atoms with Crippen molar-refractivity contribution in [3.8, 4) is 28.3 Å². The fraction of sp³-hybridized carbons (Fsp3) is 0.333. The van der Waals surface area contributed by atoms with Crippen molar-refractivity contribution in [3.63, 3.8) is 0 Å². The third kappa shape index (κ3) is 4.77. The second kappa shape index (κ2) is 10.3. The van der Waals surface area contributed by atoms with Gasteiger partial charge in [-0.2, -0.15) is 5.10 Å². The number of methoxy groups -OCH3 is 1. The van der Waals surface area contributed by atoms with E-state index in [2.05, 4.69) is 41.8 Å². The molecule has 2 saturated heterocycles. The molecule has 38 heavy (non-hydrogen) atoms. The third-order valence-corrected chi connectivity index (χ3v) is 7.06. The van der Waals surface area contributed by atoms with Crippen LogP contribution in [0.2, 0.25) is 0 Å². The summed E-state index contributed by atoms with van der Waals surface area (Å²) < 4.78 is 22.0. The van der Waals surface area contributed by atoms with Crippen molar-refractivity contribution >= 4 is 17.3 Å². The van der Waals surface area contributed by atoms with E-state index < -0.39 is 5.82 Å². The van der Waals surface area contributed by atoms with Gasteiger partial charge in [-0.15, -0.1) is 0 Å². The number of nitrogens with two attached hydrogens (primary N) is 1. The van der Waals surface area contributed by atoms with Gasteiger partial charge in [0.15, 0.2) is 5.82 Å². The zero-order valence-corrected chi connectivity index (χ0v) is 21.1. The Bertz CT molecular complexity index is 1440. The zero-order chi connectivity index (χ0) is 26.1. The molecule has 10 nitrogen and oxygen atoms in total. The van der Waals surface area contributed by atoms with Gasteiger partial charge in [0, 0.05) is 73.7 Å². The van der Waals surface area contributed by atoms with Crippen LogP contribution in [0.1, 0.15) is 18.9 Å². The van der Waals surface area contributed by atoms with E-state index in [9.17, 15) is 4.39 Å². The Morgan fingerprint density at radius 1 is 1.16 bits per heavy atom. The molecule has 6 rings (SSSR count). The molecule has 2 aliphatic heterocycles. The third-order valence-electron chi connectivity index (χ3n) is 7.06. The number of ether oxygens (including phenoxy) is 1. The van der Waals surface area contributed by atoms with Crippen LogP contribution in [0.3, 0.4) is 0 Å². The molecular formula is C27H30FN9O. The number of rotatable bonds is 7. The summed E-state index contributed by atoms with van der Waals surface area (Å²) in [7, 11) is 1.49. The normalized spacial score (nSPS) is 17.8. The average molecular weight is 516 g/mol. The van der Waals surface area contributed by atoms with Gasteiger partial charge in [-0.3, -0.25) is 4.68 Å². The minimum Gasteiger partial charge on any atom is -0.496 e. The number of pyridine rings is 1. The summed E-state index contributed by atoms with van der Waals surface area (Å²) in [4.78, 5) is 15.8. The van der Waals surface area contributed by atoms with Crippen molar-refractivity contribution in [2.75, 3.05) is 43.5 Å². The first-order chi connectivity index (χ1) is 18.6. The Morgan fingerprint density at radius 2 is 2.05 bits per heavy atom. The maximum absolute atomic E-state index is 14.6. The van der Waals surface area contributed by atoms with Crippen LogP contribution < -0.4 is 26.0 Å². The molecule has 196 valence electrons. The first kappa shape index (κ1) is 24.3. The predicted octanol–water partition coefficient (Wildman–Crippen LogP) is 3.37. The number of hydrogen-bond acceptors (Lipinski definition) is 9. The molecule has 0 saturated carbocycles. The SMILES string of the molecule is COc1cccc(F)c1-c1nccc(Nc2cc(N3CCC[C@H](N)C3)c(-c3cnn(C4CNC4)c3)cn2)n1. The van der Waals surface area contributed by atoms with Gasteiger partial charge in [-0.1, -0.05) is 6.07 Å². The number of nitrogens with zero attached hydrogens (tertiary/aromatic N) is 6. The molecule has 11 heteroatoms. The summed E-state index contributed by atoms with van der Waals surface area (Å²) in [6, 6.07) is 8.87. The van der Waals surface area contributed by atoms with E-state index in [1.807, 2.05) is 23.1 Å². The van der Waals surface area contributed by atoms with E-state index in [4.69, 9.17) is 10.5 Å². The Morgan fingerprint density at radius 3 is 2.84 bits per heavy atom. The van der Waals surface area contributed by atoms with Crippen LogP contribution in [-0.2, 0) is 0 Å². The van der Waals surface area contributed by atoms with E-state index in [1.54, 1.807) is 24.4 Å². The minimum atomic E-state index is -0.453. The number of anilines is 3. The molecule has 0 bridgehead atoms. The second-order valence-electron chi connectivity index (χ2n) is 9.66. The second-order valence-corrected chi connectivity index (χ2v) is 9.66. The van der Waals surface area contributed by atoms with Crippen molar-refractivity contribution in [1.82, 2.24) is 30.0 Å². The summed E-state index contributed by atoms with van der Waals surface area (Å²) in [6.07, 6.45) is 9.46. The lowest BCUT2D eigenvalue weighted by atomic mass is 10.0. The lowest BCUT2D eigenvalue weighted by Gasteiger charge is -2.34. The number of piperidine rings is 1. The van der Waals surface area contributed by atoms with Crippen LogP contribution in [0.15, 0.2) is 55.1 Å². The topological polar surface area (TPSA) is 119 Å². The quantitative estimate of drug-likeness (QED) is 0.340. The van der Waals surface area contributed by atoms with Gasteiger partial charge in [-0.25, -0.2) is 19.3 Å². The Kier molecular flexibility index (Phi) is 6.61. The average Bonchev–Trinajstić information content (AvgIpc) is 3.36. The molecule has 3 aromatic heterocycles. The molecule has 0 unspecified atom stereocenters. The van der Waals surface area contributed by atoms with Crippen LogP contribution in [0.4, 0.5) is 21.7 Å². The predicted molar refractivity (Wildman–Crippen MR) is 144 cm³/mol. The van der Waals surface area contributed by atoms with E-state index in [0.29, 0.717) is 23.4 Å². The largest absolute Gasteiger partial charge is 0.496 e. The molecule has 5 heterocycles. The summed E-state index contributed by atoms with van der Waals surface area (Å²) >= 11 is 0. The first-order valence-corrected chi connectivity index (χ1v) is 12.8. The zero-order valence-electron chi connectivity index (χ0n) is 21.1. The Hall–Kier alpha value is -4.09. The number of nitrogens with one attached hydrogen (secondary N) is 2. The van der Waals surface area contributed by atoms with E-state index in [-0.39, 0.29) is 17.4 Å². The van der Waals surface area contributed by atoms with Gasteiger partial charge in [0.25, 0.3) is 0 Å². The Balaban J connectivity index is 1.33. The van der Waals surface area contributed by atoms with Gasteiger partial charge < -0.3 is 26.0 Å². The molecule has 0 radical (unpaired) electrons. The standard InChI is InChI=1S/C27H30FN9O/c1-38-23-6-2-5-21(28)26(23)27-31-8-7-24(35-27)34-25-10-22(36-9-3-4-18(29)16-36)20(14-32-25)17-11-33-37(15-17)19-12-30-13-19/h2,5-8,10-11,14-15,18-19,30H,3-4,9,12-13,16,29H2,1H3,(H,31,32,34,35)/t18-/m0/s1. The molecule has 0 spiro atoms. The molecule has 1 atom stereocenters. The summed E-state index contributed by atoms with van der Waals surface area (Å²) in [5.41, 5.74) is 9.60. The highest BCUT2D eigenvalue weighted by Gasteiger charge is 2.24. The van der Waals surface area contributed by atoms with Gasteiger partial charge in [0.2, 0.25) is 0 Å². The van der Waals surface area contributed by atoms with E-state index in [0.717, 1.165) is 55.8 Å². The van der Waals surface area contributed by atoms with Crippen LogP contribution in [-0.4, -0.2) is 64.1 Å². The fourth-order valence-corrected chi connectivity index (χ4v) is 4.93. The van der Waals surface area contributed by atoms with E-state index >= 15 is 0 Å². The molecular weight excluding hydrogens is 485 g/mol. The number of aromatic nitrogens is 5. The van der Waals surface area contributed by atoms with Gasteiger partial charge in [0.05, 0.1) is 24.9 Å². The summed E-state index contributed by atoms with van der Waals surface area (Å²) in [6.45, 7) is 3.53. The van der Waals surface area contributed by atoms with Gasteiger partial charge in [0.1, 0.15) is 23.2 Å². The summed E-state index contributed by atoms with van der Waals surface area (Å²) in [5.74, 6) is 1.25. The number of halogens is 1. The van der Waals surface area contributed by atoms with E-state index in [1.165, 1.54) is 13.2 Å². The molecule has 2 fully saturated rings. The maximum Gasteiger partial charge on any atom is 0.168 e. The van der Waals surface area contributed by atoms with Crippen LogP contribution in [0.25, 0.3) is 22.5 Å². The molecule has 1 aromatic carbocycles. The number of hydrogen-bond donors (Lipinski definition) is 3. The summed E-state index contributed by atoms with van der Waals surface area (Å²) in [5, 5.41) is 11.2. The highest BCUT2D eigenvalue weighted by Crippen LogP contribution is 2.35. The lowest BCUT2D eigenvalue weighted by Crippen LogP contribution is -2.43. The molecule has 0 amide bonds. The molecule has 2 aliphatic rings. The maximum atomic E-state index is 14.6. The fourth-order valence-electron chi connectivity index (χ4n) is 4.93. The van der Waals surface area contributed by atoms with Crippen LogP contribution in [0, 0.1) is 5.82 Å². The highest BCUT2D eigenvalue weighted by molar-refractivity contribution is 5.80. The van der Waals surface area contributed by atoms with Crippen molar-refractivity contribution in [2.24, 2.45) is 5.73 Å². The van der Waals surface area contributed by atoms with Crippen LogP contribution >= 0.6 is 0 Å². The van der Waals surface area contributed by atoms with Gasteiger partial charge in [-0.05, 0) is 31.0 Å². The minimum absolute atomic E-state index is 0.116. The highest BCUT2D eigenvalue weighted by atomic mass is 19.1. The first-order valence-electron chi connectivity index (χ1n) is 12.8. The van der Waals surface area contributed by atoms with Crippen LogP contribution in [0.5, 0.6) is 5.75 Å². The monoisotopic (exact) mass is 515 g/mol. The molecule has 4 N–H and O–H groups in total. The van der Waals surface area contributed by atoms with Crippen molar-refractivity contribution < 1.29 is 9.13 Å². The van der Waals surface area contributed by atoms with Crippen molar-refractivity contribution in [2.45, 2.75) is 24.9 Å².